The molecule has 0 saturated carbocycles. The molecule has 1 fully saturated rings. The molecule has 1 aliphatic heterocycles. The molecule has 2 N–H and O–H groups in total. The number of hydrogen-bond acceptors (Lipinski definition) is 4. The predicted octanol–water partition coefficient (Wildman–Crippen LogP) is 0.354. The molecule has 1 aromatic rings. The fourth-order valence-corrected chi connectivity index (χ4v) is 2.28. The second-order valence-corrected chi connectivity index (χ2v) is 5.02. The zero-order chi connectivity index (χ0) is 14.2. The van der Waals surface area contributed by atoms with E-state index in [4.69, 9.17) is 4.74 Å². The van der Waals surface area contributed by atoms with Gasteiger partial charge in [-0.25, -0.2) is 0 Å². The lowest BCUT2D eigenvalue weighted by atomic mass is 10.1. The van der Waals surface area contributed by atoms with Gasteiger partial charge in [0.2, 0.25) is 5.91 Å². The van der Waals surface area contributed by atoms with Crippen molar-refractivity contribution in [3.8, 4) is 0 Å². The highest BCUT2D eigenvalue weighted by atomic mass is 16.5. The minimum absolute atomic E-state index is 0.0195. The standard InChI is InChI=1S/C15H23N3O2/c1-16-11-15(19)17-10-13-3-2-4-14(9-13)12-18-5-7-20-8-6-18/h2-4,9,16H,5-8,10-12H2,1H3,(H,17,19). The van der Waals surface area contributed by atoms with Crippen LogP contribution >= 0.6 is 0 Å². The van der Waals surface area contributed by atoms with Gasteiger partial charge in [-0.15, -0.1) is 0 Å². The summed E-state index contributed by atoms with van der Waals surface area (Å²) in [6.07, 6.45) is 0. The molecule has 5 heteroatoms. The van der Waals surface area contributed by atoms with Crippen molar-refractivity contribution in [3.63, 3.8) is 0 Å². The van der Waals surface area contributed by atoms with Crippen LogP contribution in [-0.2, 0) is 22.6 Å². The van der Waals surface area contributed by atoms with E-state index >= 15 is 0 Å². The molecule has 2 rings (SSSR count). The summed E-state index contributed by atoms with van der Waals surface area (Å²) in [5, 5.41) is 5.73. The van der Waals surface area contributed by atoms with E-state index in [1.165, 1.54) is 5.56 Å². The highest BCUT2D eigenvalue weighted by Gasteiger charge is 2.10. The predicted molar refractivity (Wildman–Crippen MR) is 78.3 cm³/mol. The summed E-state index contributed by atoms with van der Waals surface area (Å²) in [6, 6.07) is 8.39. The molecule has 110 valence electrons. The van der Waals surface area contributed by atoms with E-state index in [0.29, 0.717) is 13.1 Å². The van der Waals surface area contributed by atoms with Crippen molar-refractivity contribution in [1.29, 1.82) is 0 Å². The highest BCUT2D eigenvalue weighted by molar-refractivity contribution is 5.77. The minimum atomic E-state index is 0.0195. The molecule has 1 amide bonds. The Morgan fingerprint density at radius 3 is 2.80 bits per heavy atom. The molecular weight excluding hydrogens is 254 g/mol. The SMILES string of the molecule is CNCC(=O)NCc1cccc(CN2CCOCC2)c1. The van der Waals surface area contributed by atoms with Crippen molar-refractivity contribution in [2.75, 3.05) is 39.9 Å². The van der Waals surface area contributed by atoms with Gasteiger partial charge in [0.1, 0.15) is 0 Å². The molecule has 20 heavy (non-hydrogen) atoms. The number of carbonyl (C=O) groups excluding carboxylic acids is 1. The van der Waals surface area contributed by atoms with Gasteiger partial charge in [0.05, 0.1) is 19.8 Å². The third-order valence-electron chi connectivity index (χ3n) is 3.33. The summed E-state index contributed by atoms with van der Waals surface area (Å²) in [7, 11) is 1.77. The van der Waals surface area contributed by atoms with E-state index in [2.05, 4.69) is 33.7 Å². The molecule has 0 unspecified atom stereocenters. The highest BCUT2D eigenvalue weighted by Crippen LogP contribution is 2.09. The first-order valence-electron chi connectivity index (χ1n) is 7.07. The Labute approximate surface area is 120 Å². The van der Waals surface area contributed by atoms with Crippen molar-refractivity contribution in [2.24, 2.45) is 0 Å². The molecule has 1 aromatic carbocycles. The van der Waals surface area contributed by atoms with E-state index in [1.54, 1.807) is 7.05 Å². The summed E-state index contributed by atoms with van der Waals surface area (Å²) >= 11 is 0. The molecule has 5 nitrogen and oxygen atoms in total. The number of carbonyl (C=O) groups is 1. The maximum Gasteiger partial charge on any atom is 0.234 e. The lowest BCUT2D eigenvalue weighted by Gasteiger charge is -2.26. The van der Waals surface area contributed by atoms with Gasteiger partial charge >= 0.3 is 0 Å². The zero-order valence-electron chi connectivity index (χ0n) is 12.0. The smallest absolute Gasteiger partial charge is 0.234 e. The Morgan fingerprint density at radius 1 is 1.30 bits per heavy atom. The van der Waals surface area contributed by atoms with Crippen LogP contribution in [0.2, 0.25) is 0 Å². The molecule has 1 saturated heterocycles. The molecular formula is C15H23N3O2. The molecule has 0 atom stereocenters. The Balaban J connectivity index is 1.85. The number of nitrogens with zero attached hydrogens (tertiary/aromatic N) is 1. The van der Waals surface area contributed by atoms with Crippen molar-refractivity contribution < 1.29 is 9.53 Å². The number of likely N-dealkylation sites (N-methyl/N-ethyl adjacent to an activating group) is 1. The first kappa shape index (κ1) is 15.0. The number of benzene rings is 1. The third kappa shape index (κ3) is 4.92. The maximum atomic E-state index is 11.4. The fraction of sp³-hybridized carbons (Fsp3) is 0.533. The van der Waals surface area contributed by atoms with Crippen LogP contribution in [0.5, 0.6) is 0 Å². The van der Waals surface area contributed by atoms with Crippen LogP contribution in [0.1, 0.15) is 11.1 Å². The van der Waals surface area contributed by atoms with Crippen LogP contribution in [0.4, 0.5) is 0 Å². The lowest BCUT2D eigenvalue weighted by Crippen LogP contribution is -2.35. The van der Waals surface area contributed by atoms with E-state index in [0.717, 1.165) is 38.4 Å². The normalized spacial score (nSPS) is 16.1. The van der Waals surface area contributed by atoms with Crippen molar-refractivity contribution in [2.45, 2.75) is 13.1 Å². The molecule has 0 radical (unpaired) electrons. The molecule has 0 aliphatic carbocycles. The first-order valence-corrected chi connectivity index (χ1v) is 7.07. The summed E-state index contributed by atoms with van der Waals surface area (Å²) in [4.78, 5) is 13.8. The van der Waals surface area contributed by atoms with E-state index in [-0.39, 0.29) is 5.91 Å². The number of amides is 1. The van der Waals surface area contributed by atoms with Gasteiger partial charge in [-0.05, 0) is 18.2 Å². The van der Waals surface area contributed by atoms with Crippen LogP contribution in [-0.4, -0.2) is 50.7 Å². The average Bonchev–Trinajstić information content (AvgIpc) is 2.47. The maximum absolute atomic E-state index is 11.4. The fourth-order valence-electron chi connectivity index (χ4n) is 2.28. The largest absolute Gasteiger partial charge is 0.379 e. The van der Waals surface area contributed by atoms with E-state index in [1.807, 2.05) is 6.07 Å². The van der Waals surface area contributed by atoms with Gasteiger partial charge in [-0.1, -0.05) is 24.3 Å². The molecule has 0 aromatic heterocycles. The third-order valence-corrected chi connectivity index (χ3v) is 3.33. The Hall–Kier alpha value is -1.43. The van der Waals surface area contributed by atoms with Crippen LogP contribution in [0.15, 0.2) is 24.3 Å². The Morgan fingerprint density at radius 2 is 2.05 bits per heavy atom. The van der Waals surface area contributed by atoms with Gasteiger partial charge in [-0.3, -0.25) is 9.69 Å². The van der Waals surface area contributed by atoms with Gasteiger partial charge in [-0.2, -0.15) is 0 Å². The minimum Gasteiger partial charge on any atom is -0.379 e. The monoisotopic (exact) mass is 277 g/mol. The van der Waals surface area contributed by atoms with Gasteiger partial charge < -0.3 is 15.4 Å². The average molecular weight is 277 g/mol. The number of ether oxygens (including phenoxy) is 1. The Kier molecular flexibility index (Phi) is 5.98. The van der Waals surface area contributed by atoms with Gasteiger partial charge in [0.15, 0.2) is 0 Å². The Bertz CT molecular complexity index is 431. The summed E-state index contributed by atoms with van der Waals surface area (Å²) < 4.78 is 5.35. The second kappa shape index (κ2) is 7.99. The summed E-state index contributed by atoms with van der Waals surface area (Å²) in [5.41, 5.74) is 2.42. The molecule has 1 aliphatic rings. The second-order valence-electron chi connectivity index (χ2n) is 5.02. The zero-order valence-corrected chi connectivity index (χ0v) is 12.0. The van der Waals surface area contributed by atoms with Crippen LogP contribution in [0.3, 0.4) is 0 Å². The van der Waals surface area contributed by atoms with E-state index in [9.17, 15) is 4.79 Å². The van der Waals surface area contributed by atoms with Gasteiger partial charge in [0, 0.05) is 26.2 Å². The van der Waals surface area contributed by atoms with Crippen molar-refractivity contribution in [3.05, 3.63) is 35.4 Å². The summed E-state index contributed by atoms with van der Waals surface area (Å²) in [6.45, 7) is 5.50. The van der Waals surface area contributed by atoms with Crippen LogP contribution in [0, 0.1) is 0 Å². The van der Waals surface area contributed by atoms with Crippen molar-refractivity contribution in [1.82, 2.24) is 15.5 Å². The molecule has 0 bridgehead atoms. The number of rotatable bonds is 6. The lowest BCUT2D eigenvalue weighted by molar-refractivity contribution is -0.120. The molecule has 0 spiro atoms. The van der Waals surface area contributed by atoms with Crippen LogP contribution in [0.25, 0.3) is 0 Å². The van der Waals surface area contributed by atoms with Crippen LogP contribution < -0.4 is 10.6 Å². The van der Waals surface area contributed by atoms with Gasteiger partial charge in [0.25, 0.3) is 0 Å². The molecule has 1 heterocycles. The number of hydrogen-bond donors (Lipinski definition) is 2. The summed E-state index contributed by atoms with van der Waals surface area (Å²) in [5.74, 6) is 0.0195. The topological polar surface area (TPSA) is 53.6 Å². The quantitative estimate of drug-likeness (QED) is 0.788. The number of nitrogens with one attached hydrogen (secondary N) is 2. The van der Waals surface area contributed by atoms with Crippen molar-refractivity contribution >= 4 is 5.91 Å². The first-order chi connectivity index (χ1) is 9.78. The number of morpholine rings is 1. The van der Waals surface area contributed by atoms with E-state index < -0.39 is 0 Å².